The third-order valence-corrected chi connectivity index (χ3v) is 6.47. The summed E-state index contributed by atoms with van der Waals surface area (Å²) in [4.78, 5) is 30.7. The van der Waals surface area contributed by atoms with Gasteiger partial charge in [0, 0.05) is 31.5 Å². The summed E-state index contributed by atoms with van der Waals surface area (Å²) in [6.45, 7) is 8.29. The van der Waals surface area contributed by atoms with Gasteiger partial charge < -0.3 is 19.7 Å². The van der Waals surface area contributed by atoms with Gasteiger partial charge in [0.25, 0.3) is 0 Å². The maximum absolute atomic E-state index is 12.5. The number of aliphatic hydroxyl groups excluding tert-OH is 1. The van der Waals surface area contributed by atoms with E-state index >= 15 is 0 Å². The minimum absolute atomic E-state index is 0.0563. The third-order valence-electron chi connectivity index (χ3n) is 6.47. The highest BCUT2D eigenvalue weighted by molar-refractivity contribution is 5.79. The van der Waals surface area contributed by atoms with Crippen LogP contribution in [-0.4, -0.2) is 50.3 Å². The zero-order valence-electron chi connectivity index (χ0n) is 18.4. The molecule has 0 radical (unpaired) electrons. The number of likely N-dealkylation sites (N-methyl/N-ethyl adjacent to an activating group) is 1. The van der Waals surface area contributed by atoms with Crippen molar-refractivity contribution in [1.82, 2.24) is 14.5 Å². The van der Waals surface area contributed by atoms with Crippen LogP contribution in [0.15, 0.2) is 23.0 Å². The Morgan fingerprint density at radius 2 is 1.83 bits per heavy atom. The van der Waals surface area contributed by atoms with Crippen molar-refractivity contribution in [3.8, 4) is 5.75 Å². The Balaban J connectivity index is 2.18. The number of fused-ring (bicyclic) bond motifs is 1. The summed E-state index contributed by atoms with van der Waals surface area (Å²) in [5.74, 6) is -0.135. The molecule has 7 nitrogen and oxygen atoms in total. The lowest BCUT2D eigenvalue weighted by Crippen LogP contribution is -2.38. The molecule has 2 unspecified atom stereocenters. The molecular formula is C23H31N3O4. The number of aromatic nitrogens is 2. The summed E-state index contributed by atoms with van der Waals surface area (Å²) in [6.07, 6.45) is 0.919. The molecule has 2 atom stereocenters. The van der Waals surface area contributed by atoms with Crippen molar-refractivity contribution >= 4 is 5.91 Å². The van der Waals surface area contributed by atoms with E-state index in [1.165, 1.54) is 0 Å². The molecule has 1 aliphatic rings. The first-order valence-electron chi connectivity index (χ1n) is 10.4. The standard InChI is InChI=1S/C23H31N3O4/c1-6-23(13-27,17-8-14(2)7-15(3)9-17)11-19-24-22(30)21(29)18-10-20(28)25(5)16(4)12-26(18)19/h7-9,16,27,29H,6,10-13H2,1-5H3. The Hall–Kier alpha value is -2.67. The molecule has 2 N–H and O–H groups in total. The fourth-order valence-corrected chi connectivity index (χ4v) is 4.34. The first kappa shape index (κ1) is 22.0. The van der Waals surface area contributed by atoms with Gasteiger partial charge in [-0.25, -0.2) is 0 Å². The predicted molar refractivity (Wildman–Crippen MR) is 115 cm³/mol. The smallest absolute Gasteiger partial charge is 0.315 e. The molecule has 1 aromatic heterocycles. The third kappa shape index (κ3) is 3.86. The van der Waals surface area contributed by atoms with Crippen LogP contribution in [0.3, 0.4) is 0 Å². The Labute approximate surface area is 177 Å². The van der Waals surface area contributed by atoms with Crippen molar-refractivity contribution in [2.45, 2.75) is 65.0 Å². The lowest BCUT2D eigenvalue weighted by Gasteiger charge is -2.33. The summed E-state index contributed by atoms with van der Waals surface area (Å²) < 4.78 is 1.80. The van der Waals surface area contributed by atoms with E-state index < -0.39 is 16.7 Å². The number of aryl methyl sites for hydroxylation is 2. The van der Waals surface area contributed by atoms with Crippen molar-refractivity contribution in [2.24, 2.45) is 0 Å². The average Bonchev–Trinajstić information content (AvgIpc) is 2.81. The summed E-state index contributed by atoms with van der Waals surface area (Å²) >= 11 is 0. The second-order valence-electron chi connectivity index (χ2n) is 8.61. The molecular weight excluding hydrogens is 382 g/mol. The molecule has 1 aromatic carbocycles. The molecule has 0 saturated carbocycles. The highest BCUT2D eigenvalue weighted by Gasteiger charge is 2.35. The number of aliphatic hydroxyl groups is 1. The van der Waals surface area contributed by atoms with Gasteiger partial charge in [-0.3, -0.25) is 9.59 Å². The van der Waals surface area contributed by atoms with Crippen molar-refractivity contribution in [1.29, 1.82) is 0 Å². The fraction of sp³-hybridized carbons (Fsp3) is 0.522. The van der Waals surface area contributed by atoms with Crippen molar-refractivity contribution < 1.29 is 15.0 Å². The highest BCUT2D eigenvalue weighted by Crippen LogP contribution is 2.33. The summed E-state index contributed by atoms with van der Waals surface area (Å²) in [6, 6.07) is 6.09. The van der Waals surface area contributed by atoms with Crippen LogP contribution in [-0.2, 0) is 29.6 Å². The number of aromatic hydroxyl groups is 1. The predicted octanol–water partition coefficient (Wildman–Crippen LogP) is 1.85. The quantitative estimate of drug-likeness (QED) is 0.780. The second kappa shape index (κ2) is 8.22. The second-order valence-corrected chi connectivity index (χ2v) is 8.61. The summed E-state index contributed by atoms with van der Waals surface area (Å²) in [5, 5.41) is 20.8. The number of carbonyl (C=O) groups excluding carboxylic acids is 1. The maximum atomic E-state index is 12.5. The molecule has 0 fully saturated rings. The van der Waals surface area contributed by atoms with Gasteiger partial charge in [-0.05, 0) is 32.8 Å². The zero-order chi connectivity index (χ0) is 22.2. The number of benzene rings is 1. The van der Waals surface area contributed by atoms with E-state index in [-0.39, 0.29) is 25.0 Å². The first-order valence-corrected chi connectivity index (χ1v) is 10.4. The zero-order valence-corrected chi connectivity index (χ0v) is 18.4. The molecule has 2 aromatic rings. The van der Waals surface area contributed by atoms with Gasteiger partial charge in [-0.2, -0.15) is 4.98 Å². The van der Waals surface area contributed by atoms with Crippen LogP contribution in [0, 0.1) is 13.8 Å². The molecule has 0 bridgehead atoms. The van der Waals surface area contributed by atoms with Crippen molar-refractivity contribution in [3.05, 3.63) is 56.8 Å². The molecule has 7 heteroatoms. The Bertz CT molecular complexity index is 1000. The number of hydrogen-bond donors (Lipinski definition) is 2. The highest BCUT2D eigenvalue weighted by atomic mass is 16.3. The molecule has 1 aliphatic heterocycles. The van der Waals surface area contributed by atoms with E-state index in [4.69, 9.17) is 0 Å². The van der Waals surface area contributed by atoms with Gasteiger partial charge >= 0.3 is 5.56 Å². The number of nitrogens with zero attached hydrogens (tertiary/aromatic N) is 3. The van der Waals surface area contributed by atoms with Gasteiger partial charge in [-0.1, -0.05) is 36.2 Å². The van der Waals surface area contributed by atoms with Crippen LogP contribution >= 0.6 is 0 Å². The minimum atomic E-state index is -0.732. The van der Waals surface area contributed by atoms with E-state index in [9.17, 15) is 19.8 Å². The number of amides is 1. The van der Waals surface area contributed by atoms with Crippen LogP contribution in [0.25, 0.3) is 0 Å². The Kier molecular flexibility index (Phi) is 6.04. The summed E-state index contributed by atoms with van der Waals surface area (Å²) in [5.41, 5.74) is 2.15. The van der Waals surface area contributed by atoms with E-state index in [1.54, 1.807) is 16.5 Å². The monoisotopic (exact) mass is 413 g/mol. The van der Waals surface area contributed by atoms with E-state index in [0.29, 0.717) is 30.9 Å². The molecule has 2 heterocycles. The molecule has 162 valence electrons. The topological polar surface area (TPSA) is 95.7 Å². The van der Waals surface area contributed by atoms with Crippen molar-refractivity contribution in [2.75, 3.05) is 13.7 Å². The van der Waals surface area contributed by atoms with E-state index in [1.807, 2.05) is 27.7 Å². The van der Waals surface area contributed by atoms with Gasteiger partial charge in [-0.15, -0.1) is 0 Å². The molecule has 0 spiro atoms. The minimum Gasteiger partial charge on any atom is -0.502 e. The fourth-order valence-electron chi connectivity index (χ4n) is 4.34. The lowest BCUT2D eigenvalue weighted by molar-refractivity contribution is -0.130. The van der Waals surface area contributed by atoms with Crippen LogP contribution in [0.2, 0.25) is 0 Å². The SMILES string of the molecule is CCC(CO)(Cc1nc(=O)c(O)c2n1CC(C)N(C)C(=O)C2)c1cc(C)cc(C)c1. The van der Waals surface area contributed by atoms with Gasteiger partial charge in [0.2, 0.25) is 11.7 Å². The largest absolute Gasteiger partial charge is 0.502 e. The van der Waals surface area contributed by atoms with Crippen LogP contribution in [0.5, 0.6) is 5.75 Å². The molecule has 3 rings (SSSR count). The first-order chi connectivity index (χ1) is 14.1. The van der Waals surface area contributed by atoms with Crippen LogP contribution < -0.4 is 5.56 Å². The molecule has 30 heavy (non-hydrogen) atoms. The van der Waals surface area contributed by atoms with Crippen LogP contribution in [0.1, 0.15) is 48.5 Å². The molecule has 0 saturated heterocycles. The average molecular weight is 414 g/mol. The number of carbonyl (C=O) groups is 1. The number of rotatable bonds is 5. The summed E-state index contributed by atoms with van der Waals surface area (Å²) in [7, 11) is 1.72. The Morgan fingerprint density at radius 1 is 1.20 bits per heavy atom. The normalized spacial score (nSPS) is 18.7. The molecule has 0 aliphatic carbocycles. The van der Waals surface area contributed by atoms with Crippen molar-refractivity contribution in [3.63, 3.8) is 0 Å². The maximum Gasteiger partial charge on any atom is 0.315 e. The van der Waals surface area contributed by atoms with E-state index in [2.05, 4.69) is 23.2 Å². The lowest BCUT2D eigenvalue weighted by atomic mass is 9.75. The Morgan fingerprint density at radius 3 is 2.40 bits per heavy atom. The number of hydrogen-bond acceptors (Lipinski definition) is 5. The van der Waals surface area contributed by atoms with Gasteiger partial charge in [0.05, 0.1) is 18.7 Å². The van der Waals surface area contributed by atoms with Gasteiger partial charge in [0.1, 0.15) is 5.82 Å². The van der Waals surface area contributed by atoms with Crippen LogP contribution in [0.4, 0.5) is 0 Å². The molecule has 1 amide bonds. The van der Waals surface area contributed by atoms with E-state index in [0.717, 1.165) is 16.7 Å². The van der Waals surface area contributed by atoms with Gasteiger partial charge in [0.15, 0.2) is 0 Å².